The molecule has 3 aromatic rings. The number of aromatic amines is 1. The fourth-order valence-electron chi connectivity index (χ4n) is 3.76. The highest BCUT2D eigenvalue weighted by Crippen LogP contribution is 2.29. The summed E-state index contributed by atoms with van der Waals surface area (Å²) in [6.07, 6.45) is 0.230. The molecule has 0 saturated carbocycles. The molecular weight excluding hydrogens is 356 g/mol. The van der Waals surface area contributed by atoms with Crippen LogP contribution in [-0.4, -0.2) is 57.8 Å². The maximum absolute atomic E-state index is 12.9. The fraction of sp³-hybridized carbons (Fsp3) is 0.286. The number of H-pyrrole nitrogens is 1. The number of nitrogens with zero attached hydrogens (tertiary/aromatic N) is 2. The van der Waals surface area contributed by atoms with Gasteiger partial charge in [-0.1, -0.05) is 24.3 Å². The number of benzene rings is 2. The van der Waals surface area contributed by atoms with E-state index in [0.717, 1.165) is 27.7 Å². The van der Waals surface area contributed by atoms with Crippen LogP contribution in [0.1, 0.15) is 22.3 Å². The summed E-state index contributed by atoms with van der Waals surface area (Å²) in [7, 11) is 0. The topological polar surface area (TPSA) is 98.3 Å². The van der Waals surface area contributed by atoms with Crippen LogP contribution in [0.5, 0.6) is 0 Å². The maximum Gasteiger partial charge on any atom is 0.254 e. The van der Waals surface area contributed by atoms with Crippen LogP contribution in [0, 0.1) is 6.92 Å². The third-order valence-electron chi connectivity index (χ3n) is 5.20. The largest absolute Gasteiger partial charge is 0.396 e. The number of carbonyl (C=O) groups is 2. The molecule has 0 aliphatic carbocycles. The van der Waals surface area contributed by atoms with Crippen LogP contribution >= 0.6 is 0 Å². The van der Waals surface area contributed by atoms with Crippen LogP contribution < -0.4 is 5.32 Å². The molecule has 2 amide bonds. The summed E-state index contributed by atoms with van der Waals surface area (Å²) in [5.41, 5.74) is 4.38. The van der Waals surface area contributed by atoms with Crippen molar-refractivity contribution < 1.29 is 14.7 Å². The van der Waals surface area contributed by atoms with E-state index in [1.54, 1.807) is 12.1 Å². The molecule has 1 fully saturated rings. The molecule has 1 atom stereocenters. The van der Waals surface area contributed by atoms with Gasteiger partial charge in [-0.3, -0.25) is 14.7 Å². The first-order valence-electron chi connectivity index (χ1n) is 9.34. The number of carbonyl (C=O) groups excluding carboxylic acids is 2. The highest BCUT2D eigenvalue weighted by molar-refractivity contribution is 5.99. The van der Waals surface area contributed by atoms with Crippen molar-refractivity contribution in [3.8, 4) is 11.3 Å². The molecule has 0 radical (unpaired) electrons. The Morgan fingerprint density at radius 3 is 2.79 bits per heavy atom. The summed E-state index contributed by atoms with van der Waals surface area (Å²) in [6.45, 7) is 2.75. The lowest BCUT2D eigenvalue weighted by Gasteiger charge is -2.34. The first-order valence-corrected chi connectivity index (χ1v) is 9.34. The SMILES string of the molecule is Cc1cccc2[nH]nc(-c3ccc(C(=O)N4CCNC(=O)[C@H]4CCO)cc3)c12. The Hall–Kier alpha value is -3.19. The van der Waals surface area contributed by atoms with Crippen LogP contribution in [0.2, 0.25) is 0 Å². The van der Waals surface area contributed by atoms with Gasteiger partial charge in [-0.25, -0.2) is 0 Å². The molecule has 0 unspecified atom stereocenters. The van der Waals surface area contributed by atoms with Gasteiger partial charge in [-0.2, -0.15) is 5.10 Å². The van der Waals surface area contributed by atoms with E-state index in [2.05, 4.69) is 15.5 Å². The number of aromatic nitrogens is 2. The average Bonchev–Trinajstić information content (AvgIpc) is 3.15. The van der Waals surface area contributed by atoms with Gasteiger partial charge >= 0.3 is 0 Å². The van der Waals surface area contributed by atoms with Crippen LogP contribution in [-0.2, 0) is 4.79 Å². The van der Waals surface area contributed by atoms with Gasteiger partial charge in [0.25, 0.3) is 5.91 Å². The lowest BCUT2D eigenvalue weighted by Crippen LogP contribution is -2.57. The van der Waals surface area contributed by atoms with E-state index < -0.39 is 6.04 Å². The van der Waals surface area contributed by atoms with Gasteiger partial charge in [0, 0.05) is 36.2 Å². The third kappa shape index (κ3) is 3.14. The molecule has 28 heavy (non-hydrogen) atoms. The van der Waals surface area contributed by atoms with E-state index in [9.17, 15) is 14.7 Å². The monoisotopic (exact) mass is 378 g/mol. The van der Waals surface area contributed by atoms with Gasteiger partial charge in [-0.15, -0.1) is 0 Å². The van der Waals surface area contributed by atoms with Crippen molar-refractivity contribution in [2.24, 2.45) is 0 Å². The zero-order chi connectivity index (χ0) is 19.7. The van der Waals surface area contributed by atoms with Crippen molar-refractivity contribution in [2.45, 2.75) is 19.4 Å². The summed E-state index contributed by atoms with van der Waals surface area (Å²) in [5, 5.41) is 20.5. The normalized spacial score (nSPS) is 17.0. The van der Waals surface area contributed by atoms with Crippen LogP contribution in [0.3, 0.4) is 0 Å². The number of aliphatic hydroxyl groups excluding tert-OH is 1. The van der Waals surface area contributed by atoms with Gasteiger partial charge in [0.05, 0.1) is 5.52 Å². The number of fused-ring (bicyclic) bond motifs is 1. The van der Waals surface area contributed by atoms with Crippen molar-refractivity contribution in [3.05, 3.63) is 53.6 Å². The van der Waals surface area contributed by atoms with E-state index in [1.165, 1.54) is 4.90 Å². The van der Waals surface area contributed by atoms with Gasteiger partial charge in [0.1, 0.15) is 11.7 Å². The number of aliphatic hydroxyl groups is 1. The molecule has 2 aromatic carbocycles. The summed E-state index contributed by atoms with van der Waals surface area (Å²) in [5.74, 6) is -0.424. The molecule has 7 nitrogen and oxygen atoms in total. The molecule has 0 bridgehead atoms. The summed E-state index contributed by atoms with van der Waals surface area (Å²) in [6, 6.07) is 12.7. The first-order chi connectivity index (χ1) is 13.6. The number of amides is 2. The lowest BCUT2D eigenvalue weighted by molar-refractivity contribution is -0.128. The van der Waals surface area contributed by atoms with E-state index in [4.69, 9.17) is 0 Å². The summed E-state index contributed by atoms with van der Waals surface area (Å²) >= 11 is 0. The van der Waals surface area contributed by atoms with Gasteiger partial charge in [-0.05, 0) is 37.1 Å². The number of rotatable bonds is 4. The Morgan fingerprint density at radius 2 is 2.04 bits per heavy atom. The number of hydrogen-bond donors (Lipinski definition) is 3. The van der Waals surface area contributed by atoms with E-state index >= 15 is 0 Å². The Kier molecular flexibility index (Phi) is 4.83. The second-order valence-electron chi connectivity index (χ2n) is 6.96. The highest BCUT2D eigenvalue weighted by atomic mass is 16.3. The molecule has 144 valence electrons. The second-order valence-corrected chi connectivity index (χ2v) is 6.96. The van der Waals surface area contributed by atoms with Crippen LogP contribution in [0.4, 0.5) is 0 Å². The zero-order valence-electron chi connectivity index (χ0n) is 15.6. The molecule has 1 aliphatic heterocycles. The van der Waals surface area contributed by atoms with E-state index in [-0.39, 0.29) is 24.8 Å². The molecule has 7 heteroatoms. The molecule has 0 spiro atoms. The number of piperazine rings is 1. The molecule has 4 rings (SSSR count). The minimum absolute atomic E-state index is 0.146. The molecule has 2 heterocycles. The Balaban J connectivity index is 1.62. The summed E-state index contributed by atoms with van der Waals surface area (Å²) < 4.78 is 0. The average molecular weight is 378 g/mol. The number of aryl methyl sites for hydroxylation is 1. The van der Waals surface area contributed by atoms with Crippen LogP contribution in [0.25, 0.3) is 22.2 Å². The minimum atomic E-state index is -0.635. The Labute approximate surface area is 162 Å². The number of nitrogens with one attached hydrogen (secondary N) is 2. The fourth-order valence-corrected chi connectivity index (χ4v) is 3.76. The van der Waals surface area contributed by atoms with Crippen molar-refractivity contribution >= 4 is 22.7 Å². The van der Waals surface area contributed by atoms with Crippen LogP contribution in [0.15, 0.2) is 42.5 Å². The van der Waals surface area contributed by atoms with Crippen molar-refractivity contribution in [3.63, 3.8) is 0 Å². The van der Waals surface area contributed by atoms with Gasteiger partial charge in [0.2, 0.25) is 5.91 Å². The van der Waals surface area contributed by atoms with Crippen molar-refractivity contribution in [1.82, 2.24) is 20.4 Å². The predicted molar refractivity (Wildman–Crippen MR) is 106 cm³/mol. The molecule has 1 aromatic heterocycles. The van der Waals surface area contributed by atoms with E-state index in [0.29, 0.717) is 18.7 Å². The quantitative estimate of drug-likeness (QED) is 0.645. The van der Waals surface area contributed by atoms with Gasteiger partial charge in [0.15, 0.2) is 0 Å². The molecule has 3 N–H and O–H groups in total. The Bertz CT molecular complexity index is 1030. The summed E-state index contributed by atoms with van der Waals surface area (Å²) in [4.78, 5) is 26.5. The lowest BCUT2D eigenvalue weighted by atomic mass is 10.0. The Morgan fingerprint density at radius 1 is 1.25 bits per heavy atom. The molecule has 1 saturated heterocycles. The standard InChI is InChI=1S/C21H22N4O3/c1-13-3-2-4-16-18(13)19(24-23-16)14-5-7-15(8-6-14)21(28)25-11-10-22-20(27)17(25)9-12-26/h2-8,17,26H,9-12H2,1H3,(H,22,27)(H,23,24)/t17-/m1/s1. The second kappa shape index (κ2) is 7.44. The van der Waals surface area contributed by atoms with Gasteiger partial charge < -0.3 is 15.3 Å². The zero-order valence-corrected chi connectivity index (χ0v) is 15.6. The van der Waals surface area contributed by atoms with Crippen molar-refractivity contribution in [2.75, 3.05) is 19.7 Å². The third-order valence-corrected chi connectivity index (χ3v) is 5.20. The van der Waals surface area contributed by atoms with E-state index in [1.807, 2.05) is 37.3 Å². The highest BCUT2D eigenvalue weighted by Gasteiger charge is 2.33. The van der Waals surface area contributed by atoms with Crippen molar-refractivity contribution in [1.29, 1.82) is 0 Å². The molecule has 1 aliphatic rings. The minimum Gasteiger partial charge on any atom is -0.396 e. The molecular formula is C21H22N4O3. The predicted octanol–water partition coefficient (Wildman–Crippen LogP) is 1.86. The smallest absolute Gasteiger partial charge is 0.254 e. The maximum atomic E-state index is 12.9. The first kappa shape index (κ1) is 18.2. The number of hydrogen-bond acceptors (Lipinski definition) is 4.